The molecule has 0 saturated heterocycles. The van der Waals surface area contributed by atoms with Crippen LogP contribution in [0, 0.1) is 23.7 Å². The van der Waals surface area contributed by atoms with Crippen molar-refractivity contribution in [2.75, 3.05) is 6.54 Å². The Balaban J connectivity index is 1.84. The fourth-order valence-corrected chi connectivity index (χ4v) is 2.84. The highest BCUT2D eigenvalue weighted by Crippen LogP contribution is 2.36. The van der Waals surface area contributed by atoms with Crippen LogP contribution < -0.4 is 5.32 Å². The van der Waals surface area contributed by atoms with Crippen LogP contribution in [0.25, 0.3) is 0 Å². The average Bonchev–Trinajstić information content (AvgIpc) is 3.08. The predicted octanol–water partition coefficient (Wildman–Crippen LogP) is 0.620. The summed E-state index contributed by atoms with van der Waals surface area (Å²) in [5.74, 6) is -1.52. The molecule has 0 spiro atoms. The van der Waals surface area contributed by atoms with Crippen molar-refractivity contribution in [3.8, 4) is 0 Å². The summed E-state index contributed by atoms with van der Waals surface area (Å²) in [6, 6.07) is 0. The lowest BCUT2D eigenvalue weighted by Crippen LogP contribution is -2.39. The second-order valence-corrected chi connectivity index (χ2v) is 5.78. The molecule has 2 saturated carbocycles. The molecule has 0 radical (unpaired) electrons. The minimum Gasteiger partial charge on any atom is -0.481 e. The molecule has 3 N–H and O–H groups in total. The van der Waals surface area contributed by atoms with Crippen LogP contribution in [0.1, 0.15) is 32.6 Å². The lowest BCUT2D eigenvalue weighted by atomic mass is 9.95. The zero-order valence-electron chi connectivity index (χ0n) is 10.6. The maximum Gasteiger partial charge on any atom is 0.307 e. The quantitative estimate of drug-likeness (QED) is 0.672. The Kier molecular flexibility index (Phi) is 3.90. The van der Waals surface area contributed by atoms with Crippen molar-refractivity contribution in [1.82, 2.24) is 5.32 Å². The van der Waals surface area contributed by atoms with E-state index in [0.29, 0.717) is 18.8 Å². The van der Waals surface area contributed by atoms with Gasteiger partial charge in [-0.2, -0.15) is 0 Å². The summed E-state index contributed by atoms with van der Waals surface area (Å²) in [7, 11) is 0. The Hall–Kier alpha value is -1.10. The van der Waals surface area contributed by atoms with Crippen LogP contribution in [-0.4, -0.2) is 34.7 Å². The number of carbonyl (C=O) groups is 2. The van der Waals surface area contributed by atoms with Gasteiger partial charge in [-0.1, -0.05) is 6.92 Å². The third kappa shape index (κ3) is 3.02. The SMILES string of the molecule is CC1CC(C(=O)O)C(C(=O)NCC(O)C2CC2)C1. The molecule has 2 aliphatic rings. The Morgan fingerprint density at radius 3 is 2.44 bits per heavy atom. The summed E-state index contributed by atoms with van der Waals surface area (Å²) in [6.45, 7) is 2.23. The number of nitrogens with one attached hydrogen (secondary N) is 1. The third-order valence-corrected chi connectivity index (χ3v) is 4.10. The van der Waals surface area contributed by atoms with Crippen LogP contribution >= 0.6 is 0 Å². The average molecular weight is 255 g/mol. The van der Waals surface area contributed by atoms with Crippen LogP contribution in [-0.2, 0) is 9.59 Å². The Labute approximate surface area is 107 Å². The molecule has 0 aromatic carbocycles. The molecule has 0 heterocycles. The van der Waals surface area contributed by atoms with Gasteiger partial charge in [0.1, 0.15) is 0 Å². The molecular weight excluding hydrogens is 234 g/mol. The van der Waals surface area contributed by atoms with Gasteiger partial charge in [0.15, 0.2) is 0 Å². The first-order chi connectivity index (χ1) is 8.49. The summed E-state index contributed by atoms with van der Waals surface area (Å²) in [6.07, 6.45) is 2.77. The van der Waals surface area contributed by atoms with Gasteiger partial charge in [-0.3, -0.25) is 9.59 Å². The summed E-state index contributed by atoms with van der Waals surface area (Å²) in [4.78, 5) is 23.1. The van der Waals surface area contributed by atoms with E-state index in [9.17, 15) is 14.7 Å². The third-order valence-electron chi connectivity index (χ3n) is 4.10. The second-order valence-electron chi connectivity index (χ2n) is 5.78. The summed E-state index contributed by atoms with van der Waals surface area (Å²) in [5.41, 5.74) is 0. The number of aliphatic carboxylic acids is 1. The fourth-order valence-electron chi connectivity index (χ4n) is 2.84. The molecule has 1 amide bonds. The first-order valence-corrected chi connectivity index (χ1v) is 6.67. The molecule has 4 atom stereocenters. The zero-order chi connectivity index (χ0) is 13.3. The van der Waals surface area contributed by atoms with Gasteiger partial charge in [0.25, 0.3) is 0 Å². The molecule has 5 heteroatoms. The van der Waals surface area contributed by atoms with Gasteiger partial charge in [-0.15, -0.1) is 0 Å². The molecule has 4 unspecified atom stereocenters. The van der Waals surface area contributed by atoms with E-state index in [1.54, 1.807) is 0 Å². The number of aliphatic hydroxyl groups excluding tert-OH is 1. The summed E-state index contributed by atoms with van der Waals surface area (Å²) in [5, 5.41) is 21.5. The maximum atomic E-state index is 12.0. The molecule has 0 aliphatic heterocycles. The molecule has 0 aromatic heterocycles. The molecule has 5 nitrogen and oxygen atoms in total. The Morgan fingerprint density at radius 1 is 1.28 bits per heavy atom. The predicted molar refractivity (Wildman–Crippen MR) is 64.8 cm³/mol. The number of carbonyl (C=O) groups excluding carboxylic acids is 1. The zero-order valence-corrected chi connectivity index (χ0v) is 10.6. The fraction of sp³-hybridized carbons (Fsp3) is 0.846. The lowest BCUT2D eigenvalue weighted by Gasteiger charge is -2.17. The van der Waals surface area contributed by atoms with Crippen molar-refractivity contribution < 1.29 is 19.8 Å². The summed E-state index contributed by atoms with van der Waals surface area (Å²) < 4.78 is 0. The minimum absolute atomic E-state index is 0.216. The first-order valence-electron chi connectivity index (χ1n) is 6.67. The molecular formula is C13H21NO4. The highest BCUT2D eigenvalue weighted by Gasteiger charge is 2.41. The smallest absolute Gasteiger partial charge is 0.307 e. The van der Waals surface area contributed by atoms with E-state index in [1.165, 1.54) is 0 Å². The van der Waals surface area contributed by atoms with E-state index in [2.05, 4.69) is 5.32 Å². The van der Waals surface area contributed by atoms with E-state index in [0.717, 1.165) is 12.8 Å². The van der Waals surface area contributed by atoms with Gasteiger partial charge in [-0.05, 0) is 37.5 Å². The standard InChI is InChI=1S/C13H21NO4/c1-7-4-9(10(5-7)13(17)18)12(16)14-6-11(15)8-2-3-8/h7-11,15H,2-6H2,1H3,(H,14,16)(H,17,18). The number of hydrogen-bond donors (Lipinski definition) is 3. The Morgan fingerprint density at radius 2 is 1.89 bits per heavy atom. The molecule has 2 rings (SSSR count). The normalized spacial score (nSPS) is 33.1. The van der Waals surface area contributed by atoms with Crippen molar-refractivity contribution in [3.63, 3.8) is 0 Å². The molecule has 0 bridgehead atoms. The summed E-state index contributed by atoms with van der Waals surface area (Å²) >= 11 is 0. The molecule has 102 valence electrons. The van der Waals surface area contributed by atoms with Crippen LogP contribution in [0.3, 0.4) is 0 Å². The monoisotopic (exact) mass is 255 g/mol. The molecule has 2 aliphatic carbocycles. The van der Waals surface area contributed by atoms with Crippen molar-refractivity contribution in [1.29, 1.82) is 0 Å². The Bertz CT molecular complexity index is 340. The minimum atomic E-state index is -0.887. The van der Waals surface area contributed by atoms with E-state index in [1.807, 2.05) is 6.92 Å². The number of carboxylic acids is 1. The first kappa shape index (κ1) is 13.3. The van der Waals surface area contributed by atoms with E-state index in [4.69, 9.17) is 5.11 Å². The second kappa shape index (κ2) is 5.26. The highest BCUT2D eigenvalue weighted by atomic mass is 16.4. The lowest BCUT2D eigenvalue weighted by molar-refractivity contribution is -0.146. The van der Waals surface area contributed by atoms with Crippen molar-refractivity contribution >= 4 is 11.9 Å². The van der Waals surface area contributed by atoms with E-state index >= 15 is 0 Å². The molecule has 0 aromatic rings. The van der Waals surface area contributed by atoms with Crippen molar-refractivity contribution in [3.05, 3.63) is 0 Å². The van der Waals surface area contributed by atoms with Gasteiger partial charge in [0.05, 0.1) is 17.9 Å². The van der Waals surface area contributed by atoms with Gasteiger partial charge in [0, 0.05) is 6.54 Å². The van der Waals surface area contributed by atoms with Crippen LogP contribution in [0.4, 0.5) is 0 Å². The van der Waals surface area contributed by atoms with E-state index < -0.39 is 23.9 Å². The van der Waals surface area contributed by atoms with Gasteiger partial charge in [0.2, 0.25) is 5.91 Å². The maximum absolute atomic E-state index is 12.0. The van der Waals surface area contributed by atoms with Crippen molar-refractivity contribution in [2.24, 2.45) is 23.7 Å². The number of aliphatic hydroxyl groups is 1. The van der Waals surface area contributed by atoms with Crippen molar-refractivity contribution in [2.45, 2.75) is 38.7 Å². The topological polar surface area (TPSA) is 86.6 Å². The van der Waals surface area contributed by atoms with Gasteiger partial charge < -0.3 is 15.5 Å². The van der Waals surface area contributed by atoms with Gasteiger partial charge >= 0.3 is 5.97 Å². The number of carboxylic acid groups (broad SMARTS) is 1. The van der Waals surface area contributed by atoms with Crippen LogP contribution in [0.15, 0.2) is 0 Å². The van der Waals surface area contributed by atoms with Crippen LogP contribution in [0.5, 0.6) is 0 Å². The largest absolute Gasteiger partial charge is 0.481 e. The van der Waals surface area contributed by atoms with Crippen LogP contribution in [0.2, 0.25) is 0 Å². The molecule has 2 fully saturated rings. The number of hydrogen-bond acceptors (Lipinski definition) is 3. The number of rotatable bonds is 5. The van der Waals surface area contributed by atoms with Gasteiger partial charge in [-0.25, -0.2) is 0 Å². The highest BCUT2D eigenvalue weighted by molar-refractivity contribution is 5.85. The van der Waals surface area contributed by atoms with E-state index in [-0.39, 0.29) is 18.4 Å². The molecule has 18 heavy (non-hydrogen) atoms. The number of amides is 1.